The molecule has 1 N–H and O–H groups in total. The Morgan fingerprint density at radius 2 is 1.95 bits per heavy atom. The normalized spacial score (nSPS) is 10.4. The van der Waals surface area contributed by atoms with Crippen molar-refractivity contribution in [2.75, 3.05) is 5.32 Å². The second kappa shape index (κ2) is 5.44. The summed E-state index contributed by atoms with van der Waals surface area (Å²) in [6.07, 6.45) is 6.61. The van der Waals surface area contributed by atoms with E-state index in [2.05, 4.69) is 20.3 Å². The fourth-order valence-corrected chi connectivity index (χ4v) is 2.03. The lowest BCUT2D eigenvalue weighted by Crippen LogP contribution is -2.15. The molecule has 0 radical (unpaired) electrons. The number of hydrogen-bond acceptors (Lipinski definition) is 4. The molecule has 0 saturated carbocycles. The Bertz CT molecular complexity index is 738. The summed E-state index contributed by atoms with van der Waals surface area (Å²) < 4.78 is 0. The third-order valence-corrected chi connectivity index (χ3v) is 2.92. The fraction of sp³-hybridized carbons (Fsp3) is 0.0667. The van der Waals surface area contributed by atoms with E-state index in [0.717, 1.165) is 16.5 Å². The highest BCUT2D eigenvalue weighted by molar-refractivity contribution is 5.94. The second-order valence-electron chi connectivity index (χ2n) is 4.30. The first-order valence-corrected chi connectivity index (χ1v) is 6.21. The predicted octanol–water partition coefficient (Wildman–Crippen LogP) is 2.21. The summed E-state index contributed by atoms with van der Waals surface area (Å²) in [7, 11) is 0. The first-order valence-electron chi connectivity index (χ1n) is 6.21. The van der Waals surface area contributed by atoms with E-state index >= 15 is 0 Å². The summed E-state index contributed by atoms with van der Waals surface area (Å²) in [6.45, 7) is 0. The zero-order chi connectivity index (χ0) is 13.8. The van der Waals surface area contributed by atoms with Gasteiger partial charge in [-0.1, -0.05) is 18.2 Å². The van der Waals surface area contributed by atoms with E-state index in [1.54, 1.807) is 12.4 Å². The predicted molar refractivity (Wildman–Crippen MR) is 76.1 cm³/mol. The van der Waals surface area contributed by atoms with Gasteiger partial charge in [-0.3, -0.25) is 14.8 Å². The number of benzene rings is 1. The molecule has 1 amide bonds. The van der Waals surface area contributed by atoms with Gasteiger partial charge in [0.15, 0.2) is 5.82 Å². The number of para-hydroxylation sites is 1. The molecule has 0 aliphatic heterocycles. The molecule has 3 aromatic rings. The number of rotatable bonds is 3. The molecule has 0 bridgehead atoms. The number of pyridine rings is 1. The van der Waals surface area contributed by atoms with Crippen LogP contribution in [0.25, 0.3) is 10.9 Å². The van der Waals surface area contributed by atoms with Gasteiger partial charge in [-0.15, -0.1) is 0 Å². The van der Waals surface area contributed by atoms with Crippen LogP contribution in [0.4, 0.5) is 5.82 Å². The van der Waals surface area contributed by atoms with Crippen molar-refractivity contribution >= 4 is 22.6 Å². The maximum Gasteiger partial charge on any atom is 0.230 e. The van der Waals surface area contributed by atoms with Crippen LogP contribution in [0.3, 0.4) is 0 Å². The van der Waals surface area contributed by atoms with Gasteiger partial charge in [0.2, 0.25) is 5.91 Å². The minimum atomic E-state index is -0.123. The molecular formula is C15H12N4O. The van der Waals surface area contributed by atoms with E-state index < -0.39 is 0 Å². The molecule has 5 heteroatoms. The summed E-state index contributed by atoms with van der Waals surface area (Å²) in [6, 6.07) is 9.62. The maximum absolute atomic E-state index is 12.0. The lowest BCUT2D eigenvalue weighted by Gasteiger charge is -2.06. The number of carbonyl (C=O) groups excluding carboxylic acids is 1. The average Bonchev–Trinajstić information content (AvgIpc) is 2.48. The third kappa shape index (κ3) is 2.61. The van der Waals surface area contributed by atoms with Crippen molar-refractivity contribution in [1.82, 2.24) is 15.0 Å². The standard InChI is InChI=1S/C15H12N4O/c20-15(19-14-10-16-7-8-18-14)9-11-5-6-17-13-4-2-1-3-12(11)13/h1-8,10H,9H2,(H,18,19,20). The number of nitrogens with one attached hydrogen (secondary N) is 1. The van der Waals surface area contributed by atoms with Gasteiger partial charge in [0.1, 0.15) is 0 Å². The zero-order valence-corrected chi connectivity index (χ0v) is 10.7. The molecule has 2 heterocycles. The van der Waals surface area contributed by atoms with E-state index in [4.69, 9.17) is 0 Å². The molecule has 0 unspecified atom stereocenters. The van der Waals surface area contributed by atoms with Gasteiger partial charge in [0, 0.05) is 24.0 Å². The number of carbonyl (C=O) groups is 1. The molecule has 2 aromatic heterocycles. The summed E-state index contributed by atoms with van der Waals surface area (Å²) in [5.41, 5.74) is 1.83. The van der Waals surface area contributed by atoms with Crippen LogP contribution in [0.15, 0.2) is 55.1 Å². The van der Waals surface area contributed by atoms with Crippen LogP contribution in [0.5, 0.6) is 0 Å². The highest BCUT2D eigenvalue weighted by atomic mass is 16.1. The van der Waals surface area contributed by atoms with Gasteiger partial charge in [-0.25, -0.2) is 4.98 Å². The molecule has 0 aliphatic carbocycles. The number of amides is 1. The van der Waals surface area contributed by atoms with Crippen molar-refractivity contribution in [2.45, 2.75) is 6.42 Å². The molecule has 1 aromatic carbocycles. The molecule has 20 heavy (non-hydrogen) atoms. The monoisotopic (exact) mass is 264 g/mol. The van der Waals surface area contributed by atoms with Crippen molar-refractivity contribution in [2.24, 2.45) is 0 Å². The highest BCUT2D eigenvalue weighted by Gasteiger charge is 2.08. The highest BCUT2D eigenvalue weighted by Crippen LogP contribution is 2.16. The molecule has 0 atom stereocenters. The Balaban J connectivity index is 1.81. The van der Waals surface area contributed by atoms with Crippen molar-refractivity contribution in [3.8, 4) is 0 Å². The first-order chi connectivity index (χ1) is 9.83. The number of hydrogen-bond donors (Lipinski definition) is 1. The van der Waals surface area contributed by atoms with Crippen LogP contribution in [0, 0.1) is 0 Å². The Hall–Kier alpha value is -2.82. The molecule has 3 rings (SSSR count). The van der Waals surface area contributed by atoms with Crippen LogP contribution in [-0.2, 0) is 11.2 Å². The van der Waals surface area contributed by atoms with Crippen LogP contribution >= 0.6 is 0 Å². The molecule has 0 spiro atoms. The number of fused-ring (bicyclic) bond motifs is 1. The second-order valence-corrected chi connectivity index (χ2v) is 4.30. The van der Waals surface area contributed by atoms with Crippen LogP contribution in [-0.4, -0.2) is 20.9 Å². The van der Waals surface area contributed by atoms with Gasteiger partial charge in [-0.2, -0.15) is 0 Å². The van der Waals surface area contributed by atoms with Crippen molar-refractivity contribution < 1.29 is 4.79 Å². The lowest BCUT2D eigenvalue weighted by molar-refractivity contribution is -0.115. The Morgan fingerprint density at radius 1 is 1.05 bits per heavy atom. The summed E-state index contributed by atoms with van der Waals surface area (Å²) in [4.78, 5) is 24.2. The van der Waals surface area contributed by atoms with Crippen LogP contribution in [0.1, 0.15) is 5.56 Å². The van der Waals surface area contributed by atoms with E-state index in [1.165, 1.54) is 12.4 Å². The largest absolute Gasteiger partial charge is 0.309 e. The summed E-state index contributed by atoms with van der Waals surface area (Å²) in [5, 5.41) is 3.71. The summed E-state index contributed by atoms with van der Waals surface area (Å²) >= 11 is 0. The molecule has 0 fully saturated rings. The zero-order valence-electron chi connectivity index (χ0n) is 10.7. The van der Waals surface area contributed by atoms with E-state index in [1.807, 2.05) is 30.3 Å². The molecule has 0 aliphatic rings. The molecule has 5 nitrogen and oxygen atoms in total. The van der Waals surface area contributed by atoms with Gasteiger partial charge in [0.25, 0.3) is 0 Å². The quantitative estimate of drug-likeness (QED) is 0.787. The van der Waals surface area contributed by atoms with E-state index in [-0.39, 0.29) is 12.3 Å². The topological polar surface area (TPSA) is 67.8 Å². The van der Waals surface area contributed by atoms with Crippen LogP contribution < -0.4 is 5.32 Å². The Labute approximate surface area is 115 Å². The van der Waals surface area contributed by atoms with Gasteiger partial charge in [0.05, 0.1) is 18.1 Å². The molecule has 0 saturated heterocycles. The molecular weight excluding hydrogens is 252 g/mol. The van der Waals surface area contributed by atoms with Crippen LogP contribution in [0.2, 0.25) is 0 Å². The van der Waals surface area contributed by atoms with Gasteiger partial charge >= 0.3 is 0 Å². The Morgan fingerprint density at radius 3 is 2.80 bits per heavy atom. The Kier molecular flexibility index (Phi) is 3.33. The molecule has 98 valence electrons. The van der Waals surface area contributed by atoms with Crippen molar-refractivity contribution in [3.63, 3.8) is 0 Å². The van der Waals surface area contributed by atoms with E-state index in [9.17, 15) is 4.79 Å². The SMILES string of the molecule is O=C(Cc1ccnc2ccccc12)Nc1cnccn1. The summed E-state index contributed by atoms with van der Waals surface area (Å²) in [5.74, 6) is 0.331. The van der Waals surface area contributed by atoms with Gasteiger partial charge < -0.3 is 5.32 Å². The first kappa shape index (κ1) is 12.2. The number of anilines is 1. The lowest BCUT2D eigenvalue weighted by atomic mass is 10.1. The average molecular weight is 264 g/mol. The minimum Gasteiger partial charge on any atom is -0.309 e. The number of aromatic nitrogens is 3. The smallest absolute Gasteiger partial charge is 0.230 e. The van der Waals surface area contributed by atoms with Gasteiger partial charge in [-0.05, 0) is 17.7 Å². The van der Waals surface area contributed by atoms with E-state index in [0.29, 0.717) is 5.82 Å². The maximum atomic E-state index is 12.0. The minimum absolute atomic E-state index is 0.123. The van der Waals surface area contributed by atoms with Crippen molar-refractivity contribution in [1.29, 1.82) is 0 Å². The van der Waals surface area contributed by atoms with Crippen molar-refractivity contribution in [3.05, 3.63) is 60.7 Å². The third-order valence-electron chi connectivity index (χ3n) is 2.92. The number of nitrogens with zero attached hydrogens (tertiary/aromatic N) is 3. The fourth-order valence-electron chi connectivity index (χ4n) is 2.03.